The number of carbonyl (C=O) groups excluding carboxylic acids is 3. The van der Waals surface area contributed by atoms with Crippen molar-refractivity contribution in [2.24, 2.45) is 17.6 Å². The Labute approximate surface area is 178 Å². The Hall–Kier alpha value is -2.16. The smallest absolute Gasteiger partial charge is 0.326 e. The molecule has 0 saturated carbocycles. The van der Waals surface area contributed by atoms with E-state index in [2.05, 4.69) is 5.32 Å². The molecule has 2 fully saturated rings. The average molecular weight is 425 g/mol. The highest BCUT2D eigenvalue weighted by Gasteiger charge is 2.41. The van der Waals surface area contributed by atoms with Crippen molar-refractivity contribution in [3.63, 3.8) is 0 Å². The predicted octanol–water partition coefficient (Wildman–Crippen LogP) is 0.567. The molecule has 170 valence electrons. The second kappa shape index (κ2) is 10.2. The Morgan fingerprint density at radius 3 is 2.03 bits per heavy atom. The number of aliphatic carboxylic acids is 1. The molecule has 3 amide bonds. The fourth-order valence-corrected chi connectivity index (χ4v) is 4.22. The summed E-state index contributed by atoms with van der Waals surface area (Å²) in [7, 11) is 0. The number of nitrogens with two attached hydrogens (primary N) is 1. The Bertz CT molecular complexity index is 668. The van der Waals surface area contributed by atoms with Gasteiger partial charge in [-0.1, -0.05) is 34.1 Å². The molecule has 0 aromatic heterocycles. The van der Waals surface area contributed by atoms with Crippen LogP contribution in [-0.2, 0) is 19.2 Å². The molecule has 0 spiro atoms. The van der Waals surface area contributed by atoms with Gasteiger partial charge in [0.15, 0.2) is 0 Å². The van der Waals surface area contributed by atoms with Crippen LogP contribution >= 0.6 is 0 Å². The van der Waals surface area contributed by atoms with Gasteiger partial charge in [-0.05, 0) is 37.5 Å². The van der Waals surface area contributed by atoms with Crippen molar-refractivity contribution in [3.8, 4) is 0 Å². The van der Waals surface area contributed by atoms with Crippen molar-refractivity contribution >= 4 is 23.7 Å². The highest BCUT2D eigenvalue weighted by Crippen LogP contribution is 2.23. The summed E-state index contributed by atoms with van der Waals surface area (Å²) < 4.78 is 0. The predicted molar refractivity (Wildman–Crippen MR) is 111 cm³/mol. The van der Waals surface area contributed by atoms with Crippen LogP contribution in [0.1, 0.15) is 59.8 Å². The molecule has 0 aromatic rings. The van der Waals surface area contributed by atoms with Gasteiger partial charge in [0.05, 0.1) is 6.04 Å². The molecule has 0 aromatic carbocycles. The van der Waals surface area contributed by atoms with Gasteiger partial charge in [-0.2, -0.15) is 0 Å². The summed E-state index contributed by atoms with van der Waals surface area (Å²) >= 11 is 0. The molecule has 4 N–H and O–H groups in total. The highest BCUT2D eigenvalue weighted by atomic mass is 16.4. The lowest BCUT2D eigenvalue weighted by Gasteiger charge is -2.32. The summed E-state index contributed by atoms with van der Waals surface area (Å²) in [5.41, 5.74) is 6.10. The van der Waals surface area contributed by atoms with Crippen LogP contribution in [0.4, 0.5) is 0 Å². The summed E-state index contributed by atoms with van der Waals surface area (Å²) in [6, 6.07) is -3.01. The van der Waals surface area contributed by atoms with Gasteiger partial charge >= 0.3 is 5.97 Å². The maximum absolute atomic E-state index is 13.1. The molecule has 5 unspecified atom stereocenters. The first-order chi connectivity index (χ1) is 14.1. The number of carboxylic acid groups (broad SMARTS) is 1. The van der Waals surface area contributed by atoms with Crippen LogP contribution in [0.2, 0.25) is 0 Å². The quantitative estimate of drug-likeness (QED) is 0.522. The zero-order valence-corrected chi connectivity index (χ0v) is 18.5. The summed E-state index contributed by atoms with van der Waals surface area (Å²) in [6.45, 7) is 8.33. The van der Waals surface area contributed by atoms with Gasteiger partial charge in [-0.3, -0.25) is 14.4 Å². The SMILES string of the molecule is CCC(C)C(N)C(=O)N1CCCC1C(=O)NC(C(=O)N1CCCC1C(=O)O)C(C)C. The van der Waals surface area contributed by atoms with E-state index < -0.39 is 30.1 Å². The van der Waals surface area contributed by atoms with E-state index in [0.29, 0.717) is 38.8 Å². The van der Waals surface area contributed by atoms with E-state index in [1.54, 1.807) is 0 Å². The summed E-state index contributed by atoms with van der Waals surface area (Å²) in [6.07, 6.45) is 3.02. The monoisotopic (exact) mass is 424 g/mol. The van der Waals surface area contributed by atoms with Crippen LogP contribution in [0.15, 0.2) is 0 Å². The number of rotatable bonds is 8. The van der Waals surface area contributed by atoms with E-state index in [1.807, 2.05) is 27.7 Å². The lowest BCUT2D eigenvalue weighted by Crippen LogP contribution is -2.58. The number of hydrogen-bond donors (Lipinski definition) is 3. The first kappa shape index (κ1) is 24.1. The standard InChI is InChI=1S/C21H36N4O5/c1-5-13(4)16(22)19(27)24-10-6-8-14(24)18(26)23-17(12(2)3)20(28)25-11-7-9-15(25)21(29)30/h12-17H,5-11,22H2,1-4H3,(H,23,26)(H,29,30). The molecule has 0 bridgehead atoms. The number of hydrogen-bond acceptors (Lipinski definition) is 5. The molecule has 2 aliphatic heterocycles. The first-order valence-corrected chi connectivity index (χ1v) is 11.0. The number of amides is 3. The van der Waals surface area contributed by atoms with Crippen LogP contribution in [0.3, 0.4) is 0 Å². The Kier molecular flexibility index (Phi) is 8.23. The van der Waals surface area contributed by atoms with Crippen molar-refractivity contribution in [3.05, 3.63) is 0 Å². The second-order valence-corrected chi connectivity index (χ2v) is 8.86. The second-order valence-electron chi connectivity index (χ2n) is 8.86. The lowest BCUT2D eigenvalue weighted by molar-refractivity contribution is -0.150. The molecule has 2 aliphatic rings. The molecule has 9 nitrogen and oxygen atoms in total. The average Bonchev–Trinajstić information content (AvgIpc) is 3.38. The van der Waals surface area contributed by atoms with E-state index in [-0.39, 0.29) is 29.6 Å². The van der Waals surface area contributed by atoms with Crippen molar-refractivity contribution in [2.45, 2.75) is 84.0 Å². The lowest BCUT2D eigenvalue weighted by atomic mass is 9.98. The van der Waals surface area contributed by atoms with Gasteiger partial charge < -0.3 is 26.0 Å². The Morgan fingerprint density at radius 2 is 1.53 bits per heavy atom. The van der Waals surface area contributed by atoms with Gasteiger partial charge in [0, 0.05) is 13.1 Å². The van der Waals surface area contributed by atoms with Gasteiger partial charge in [0.1, 0.15) is 18.1 Å². The fourth-order valence-electron chi connectivity index (χ4n) is 4.22. The van der Waals surface area contributed by atoms with Crippen LogP contribution in [0.25, 0.3) is 0 Å². The molecule has 0 aliphatic carbocycles. The maximum atomic E-state index is 13.1. The molecule has 2 saturated heterocycles. The number of nitrogens with one attached hydrogen (secondary N) is 1. The molecule has 5 atom stereocenters. The molecule has 2 heterocycles. The summed E-state index contributed by atoms with van der Waals surface area (Å²) in [5.74, 6) is -2.23. The van der Waals surface area contributed by atoms with E-state index in [9.17, 15) is 24.3 Å². The number of carbonyl (C=O) groups is 4. The Morgan fingerprint density at radius 1 is 1.00 bits per heavy atom. The largest absolute Gasteiger partial charge is 0.480 e. The highest BCUT2D eigenvalue weighted by molar-refractivity contribution is 5.94. The third-order valence-corrected chi connectivity index (χ3v) is 6.43. The van der Waals surface area contributed by atoms with Crippen LogP contribution in [-0.4, -0.2) is 75.9 Å². The minimum absolute atomic E-state index is 0.00919. The van der Waals surface area contributed by atoms with Crippen molar-refractivity contribution < 1.29 is 24.3 Å². The van der Waals surface area contributed by atoms with Crippen molar-refractivity contribution in [1.29, 1.82) is 0 Å². The maximum Gasteiger partial charge on any atom is 0.326 e. The number of likely N-dealkylation sites (tertiary alicyclic amines) is 2. The van der Waals surface area contributed by atoms with E-state index >= 15 is 0 Å². The number of carboxylic acids is 1. The topological polar surface area (TPSA) is 133 Å². The van der Waals surface area contributed by atoms with Gasteiger partial charge in [-0.25, -0.2) is 4.79 Å². The minimum Gasteiger partial charge on any atom is -0.480 e. The summed E-state index contributed by atoms with van der Waals surface area (Å²) in [4.78, 5) is 53.3. The molecular weight excluding hydrogens is 388 g/mol. The zero-order chi connectivity index (χ0) is 22.6. The number of nitrogens with zero attached hydrogens (tertiary/aromatic N) is 2. The third-order valence-electron chi connectivity index (χ3n) is 6.43. The van der Waals surface area contributed by atoms with Crippen LogP contribution in [0, 0.1) is 11.8 Å². The fraction of sp³-hybridized carbons (Fsp3) is 0.810. The van der Waals surface area contributed by atoms with E-state index in [1.165, 1.54) is 9.80 Å². The van der Waals surface area contributed by atoms with Gasteiger partial charge in [-0.15, -0.1) is 0 Å². The Balaban J connectivity index is 2.11. The molecular formula is C21H36N4O5. The van der Waals surface area contributed by atoms with Crippen LogP contribution < -0.4 is 11.1 Å². The summed E-state index contributed by atoms with van der Waals surface area (Å²) in [5, 5.41) is 12.2. The molecule has 30 heavy (non-hydrogen) atoms. The molecule has 9 heteroatoms. The minimum atomic E-state index is -1.03. The van der Waals surface area contributed by atoms with E-state index in [0.717, 1.165) is 6.42 Å². The molecule has 0 radical (unpaired) electrons. The van der Waals surface area contributed by atoms with E-state index in [4.69, 9.17) is 5.73 Å². The van der Waals surface area contributed by atoms with Gasteiger partial charge in [0.25, 0.3) is 0 Å². The first-order valence-electron chi connectivity index (χ1n) is 11.0. The zero-order valence-electron chi connectivity index (χ0n) is 18.5. The van der Waals surface area contributed by atoms with Crippen LogP contribution in [0.5, 0.6) is 0 Å². The third kappa shape index (κ3) is 5.11. The van der Waals surface area contributed by atoms with Crippen molar-refractivity contribution in [2.75, 3.05) is 13.1 Å². The van der Waals surface area contributed by atoms with Crippen molar-refractivity contribution in [1.82, 2.24) is 15.1 Å². The van der Waals surface area contributed by atoms with Gasteiger partial charge in [0.2, 0.25) is 17.7 Å². The molecule has 2 rings (SSSR count). The normalized spacial score (nSPS) is 24.6.